The fourth-order valence-corrected chi connectivity index (χ4v) is 2.35. The van der Waals surface area contributed by atoms with Gasteiger partial charge in [0.2, 0.25) is 12.0 Å². The van der Waals surface area contributed by atoms with Gasteiger partial charge in [-0.25, -0.2) is 9.78 Å². The standard InChI is InChI=1S/C15H18N2O3.CH2O3.Na/c1-10-2-5-13(17(9-10)15(18)19)11-6-7-16-14(8-11)20-12-3-4-12;2-1(3)4;/h5-8,10,12H,2-4,9H2,1H3,(H,18,19);(H2,2,3,4);/q;;+1/p-1. The summed E-state index contributed by atoms with van der Waals surface area (Å²) >= 11 is 0. The van der Waals surface area contributed by atoms with Gasteiger partial charge in [-0.2, -0.15) is 0 Å². The molecule has 2 aliphatic rings. The van der Waals surface area contributed by atoms with E-state index in [9.17, 15) is 9.90 Å². The van der Waals surface area contributed by atoms with Crippen LogP contribution in [-0.2, 0) is 0 Å². The van der Waals surface area contributed by atoms with Gasteiger partial charge >= 0.3 is 35.7 Å². The summed E-state index contributed by atoms with van der Waals surface area (Å²) in [6, 6.07) is 3.66. The fourth-order valence-electron chi connectivity index (χ4n) is 2.35. The van der Waals surface area contributed by atoms with Gasteiger partial charge in [-0.1, -0.05) is 13.0 Å². The summed E-state index contributed by atoms with van der Waals surface area (Å²) in [5.41, 5.74) is 1.59. The number of hydrogen-bond acceptors (Lipinski definition) is 5. The van der Waals surface area contributed by atoms with E-state index in [-0.39, 0.29) is 35.7 Å². The molecule has 9 heteroatoms. The quantitative estimate of drug-likeness (QED) is 0.656. The summed E-state index contributed by atoms with van der Waals surface area (Å²) in [6.07, 6.45) is 3.99. The molecule has 0 aromatic carbocycles. The van der Waals surface area contributed by atoms with Crippen molar-refractivity contribution in [1.29, 1.82) is 0 Å². The molecule has 1 aliphatic heterocycles. The van der Waals surface area contributed by atoms with Crippen LogP contribution in [-0.4, -0.2) is 45.0 Å². The van der Waals surface area contributed by atoms with Crippen LogP contribution >= 0.6 is 0 Å². The third-order valence-corrected chi connectivity index (χ3v) is 3.57. The average molecular weight is 358 g/mol. The van der Waals surface area contributed by atoms with Gasteiger partial charge < -0.3 is 24.9 Å². The average Bonchev–Trinajstić information content (AvgIpc) is 3.30. The first-order chi connectivity index (χ1) is 11.4. The van der Waals surface area contributed by atoms with Crippen molar-refractivity contribution in [3.63, 3.8) is 0 Å². The van der Waals surface area contributed by atoms with Gasteiger partial charge in [-0.3, -0.25) is 4.90 Å². The van der Waals surface area contributed by atoms with Gasteiger partial charge in [0, 0.05) is 24.4 Å². The van der Waals surface area contributed by atoms with Crippen LogP contribution in [0.4, 0.5) is 9.59 Å². The van der Waals surface area contributed by atoms with Crippen LogP contribution in [0.2, 0.25) is 0 Å². The number of pyridine rings is 1. The zero-order valence-corrected chi connectivity index (χ0v) is 16.2. The van der Waals surface area contributed by atoms with Crippen molar-refractivity contribution < 1.29 is 59.2 Å². The predicted molar refractivity (Wildman–Crippen MR) is 82.4 cm³/mol. The number of rotatable bonds is 3. The Morgan fingerprint density at radius 3 is 2.56 bits per heavy atom. The Labute approximate surface area is 167 Å². The maximum Gasteiger partial charge on any atom is 1.00 e. The van der Waals surface area contributed by atoms with E-state index in [2.05, 4.69) is 11.9 Å². The molecule has 0 saturated heterocycles. The Morgan fingerprint density at radius 2 is 2.00 bits per heavy atom. The maximum absolute atomic E-state index is 11.4. The molecule has 2 N–H and O–H groups in total. The number of nitrogens with zero attached hydrogens (tertiary/aromatic N) is 2. The first kappa shape index (κ1) is 21.3. The molecule has 0 radical (unpaired) electrons. The number of hydrogen-bond donors (Lipinski definition) is 2. The van der Waals surface area contributed by atoms with Crippen LogP contribution in [0, 0.1) is 5.92 Å². The molecular formula is C16H19N2NaO6. The van der Waals surface area contributed by atoms with Crippen LogP contribution in [0.25, 0.3) is 5.70 Å². The van der Waals surface area contributed by atoms with Crippen molar-refractivity contribution >= 4 is 17.9 Å². The molecule has 1 aromatic rings. The molecule has 1 saturated carbocycles. The second kappa shape index (κ2) is 9.65. The molecule has 1 aromatic heterocycles. The van der Waals surface area contributed by atoms with Crippen molar-refractivity contribution in [2.45, 2.75) is 32.3 Å². The summed E-state index contributed by atoms with van der Waals surface area (Å²) < 4.78 is 5.67. The Bertz CT molecular complexity index is 643. The minimum atomic E-state index is -2.08. The number of carboxylic acid groups (broad SMARTS) is 3. The predicted octanol–water partition coefficient (Wildman–Crippen LogP) is -1.12. The van der Waals surface area contributed by atoms with Gasteiger partial charge in [0.05, 0.1) is 5.70 Å². The third-order valence-electron chi connectivity index (χ3n) is 3.57. The number of ether oxygens (including phenoxy) is 1. The molecule has 1 fully saturated rings. The third kappa shape index (κ3) is 6.93. The Morgan fingerprint density at radius 1 is 1.36 bits per heavy atom. The van der Waals surface area contributed by atoms with Gasteiger partial charge in [0.1, 0.15) is 6.10 Å². The summed E-state index contributed by atoms with van der Waals surface area (Å²) in [4.78, 5) is 25.4. The molecule has 0 bridgehead atoms. The second-order valence-corrected chi connectivity index (χ2v) is 5.79. The van der Waals surface area contributed by atoms with Crippen molar-refractivity contribution in [3.8, 4) is 5.88 Å². The maximum atomic E-state index is 11.4. The second-order valence-electron chi connectivity index (χ2n) is 5.79. The first-order valence-corrected chi connectivity index (χ1v) is 7.60. The van der Waals surface area contributed by atoms with Crippen LogP contribution in [0.1, 0.15) is 31.7 Å². The van der Waals surface area contributed by atoms with Crippen molar-refractivity contribution in [2.75, 3.05) is 6.54 Å². The van der Waals surface area contributed by atoms with Crippen molar-refractivity contribution in [2.24, 2.45) is 5.92 Å². The number of amides is 1. The minimum absolute atomic E-state index is 0. The molecule has 2 heterocycles. The van der Waals surface area contributed by atoms with Crippen LogP contribution in [0.5, 0.6) is 5.88 Å². The van der Waals surface area contributed by atoms with E-state index in [1.165, 1.54) is 4.90 Å². The van der Waals surface area contributed by atoms with E-state index >= 15 is 0 Å². The van der Waals surface area contributed by atoms with Gasteiger partial charge in [-0.15, -0.1) is 0 Å². The monoisotopic (exact) mass is 358 g/mol. The summed E-state index contributed by atoms with van der Waals surface area (Å²) in [6.45, 7) is 2.58. The molecule has 0 spiro atoms. The molecule has 1 unspecified atom stereocenters. The van der Waals surface area contributed by atoms with Crippen molar-refractivity contribution in [3.05, 3.63) is 30.0 Å². The number of allylic oxidation sites excluding steroid dienone is 1. The molecule has 1 amide bonds. The molecule has 8 nitrogen and oxygen atoms in total. The number of aromatic nitrogens is 1. The topological polar surface area (TPSA) is 123 Å². The molecule has 1 atom stereocenters. The van der Waals surface area contributed by atoms with E-state index < -0.39 is 12.2 Å². The molecule has 130 valence electrons. The van der Waals surface area contributed by atoms with Crippen LogP contribution < -0.4 is 39.4 Å². The normalized spacial score (nSPS) is 18.8. The largest absolute Gasteiger partial charge is 1.00 e. The van der Waals surface area contributed by atoms with Gasteiger partial charge in [-0.05, 0) is 31.2 Å². The van der Waals surface area contributed by atoms with Gasteiger partial charge in [0.15, 0.2) is 0 Å². The molecule has 3 rings (SSSR count). The number of carbonyl (C=O) groups is 2. The smallest absolute Gasteiger partial charge is 0.565 e. The molecular weight excluding hydrogens is 339 g/mol. The Balaban J connectivity index is 0.000000568. The first-order valence-electron chi connectivity index (χ1n) is 7.60. The fraction of sp³-hybridized carbons (Fsp3) is 0.438. The van der Waals surface area contributed by atoms with E-state index in [0.29, 0.717) is 18.3 Å². The SMILES string of the molecule is CC1CC=C(c2ccnc(OC3CC3)c2)N(C(=O)O)C1.O=C([O-])O.[Na+]. The summed E-state index contributed by atoms with van der Waals surface area (Å²) in [5, 5.41) is 24.7. The summed E-state index contributed by atoms with van der Waals surface area (Å²) in [5.74, 6) is 0.925. The van der Waals surface area contributed by atoms with Gasteiger partial charge in [0.25, 0.3) is 0 Å². The Hall–Kier alpha value is -1.77. The van der Waals surface area contributed by atoms with E-state index in [0.717, 1.165) is 30.5 Å². The van der Waals surface area contributed by atoms with Crippen LogP contribution in [0.3, 0.4) is 0 Å². The summed E-state index contributed by atoms with van der Waals surface area (Å²) in [7, 11) is 0. The van der Waals surface area contributed by atoms with E-state index in [1.54, 1.807) is 6.20 Å². The minimum Gasteiger partial charge on any atom is -0.565 e. The van der Waals surface area contributed by atoms with Crippen molar-refractivity contribution in [1.82, 2.24) is 9.88 Å². The molecule has 25 heavy (non-hydrogen) atoms. The Kier molecular flexibility index (Phi) is 8.21. The van der Waals surface area contributed by atoms with Crippen LogP contribution in [0.15, 0.2) is 24.4 Å². The zero-order chi connectivity index (χ0) is 17.7. The molecule has 1 aliphatic carbocycles. The zero-order valence-electron chi connectivity index (χ0n) is 14.2. The van der Waals surface area contributed by atoms with E-state index in [4.69, 9.17) is 19.7 Å². The van der Waals surface area contributed by atoms with E-state index in [1.807, 2.05) is 18.2 Å².